The Kier molecular flexibility index (Phi) is 3.59. The molecule has 1 aromatic rings. The molecule has 0 amide bonds. The van der Waals surface area contributed by atoms with Gasteiger partial charge in [0.05, 0.1) is 24.5 Å². The molecule has 1 rings (SSSR count). The van der Waals surface area contributed by atoms with Crippen LogP contribution in [0.5, 0.6) is 0 Å². The summed E-state index contributed by atoms with van der Waals surface area (Å²) in [7, 11) is 0. The van der Waals surface area contributed by atoms with Crippen LogP contribution < -0.4 is 0 Å². The molecule has 0 heterocycles. The van der Waals surface area contributed by atoms with Gasteiger partial charge in [0.1, 0.15) is 0 Å². The second-order valence-corrected chi connectivity index (χ2v) is 2.46. The van der Waals surface area contributed by atoms with Crippen molar-refractivity contribution in [2.75, 3.05) is 6.61 Å². The van der Waals surface area contributed by atoms with Crippen molar-refractivity contribution in [3.63, 3.8) is 0 Å². The summed E-state index contributed by atoms with van der Waals surface area (Å²) < 4.78 is 5.05. The molecule has 0 aliphatic heterocycles. The van der Waals surface area contributed by atoms with Gasteiger partial charge in [0.25, 0.3) is 0 Å². The minimum Gasteiger partial charge on any atom is -0.501 e. The summed E-state index contributed by atoms with van der Waals surface area (Å²) in [4.78, 5) is 0. The first-order valence-electron chi connectivity index (χ1n) is 4.15. The fourth-order valence-corrected chi connectivity index (χ4v) is 0.962. The highest BCUT2D eigenvalue weighted by Crippen LogP contribution is 2.08. The third-order valence-electron chi connectivity index (χ3n) is 1.59. The standard InChI is InChI=1S/C11H11NO/c1-2-13-8-7-10-5-3-4-6-11(10)9-12/h3-8H,2H2,1H3. The van der Waals surface area contributed by atoms with Gasteiger partial charge >= 0.3 is 0 Å². The monoisotopic (exact) mass is 173 g/mol. The zero-order valence-electron chi connectivity index (χ0n) is 7.53. The molecule has 0 unspecified atom stereocenters. The van der Waals surface area contributed by atoms with E-state index in [9.17, 15) is 0 Å². The maximum atomic E-state index is 8.75. The highest BCUT2D eigenvalue weighted by Gasteiger charge is 1.94. The van der Waals surface area contributed by atoms with Crippen molar-refractivity contribution in [3.05, 3.63) is 41.7 Å². The van der Waals surface area contributed by atoms with Crippen molar-refractivity contribution in [2.45, 2.75) is 6.92 Å². The third kappa shape index (κ3) is 2.64. The van der Waals surface area contributed by atoms with Gasteiger partial charge in [-0.2, -0.15) is 5.26 Å². The highest BCUT2D eigenvalue weighted by atomic mass is 16.5. The molecule has 1 aromatic carbocycles. The predicted molar refractivity (Wildman–Crippen MR) is 51.8 cm³/mol. The maximum Gasteiger partial charge on any atom is 0.0997 e. The summed E-state index contributed by atoms with van der Waals surface area (Å²) in [5.41, 5.74) is 1.55. The summed E-state index contributed by atoms with van der Waals surface area (Å²) in [5.74, 6) is 0. The molecule has 0 aromatic heterocycles. The molecule has 0 aliphatic rings. The smallest absolute Gasteiger partial charge is 0.0997 e. The van der Waals surface area contributed by atoms with Gasteiger partial charge < -0.3 is 4.74 Å². The minimum atomic E-state index is 0.644. The summed E-state index contributed by atoms with van der Waals surface area (Å²) >= 11 is 0. The molecule has 0 atom stereocenters. The van der Waals surface area contributed by atoms with Crippen LogP contribution in [0.2, 0.25) is 0 Å². The number of benzene rings is 1. The van der Waals surface area contributed by atoms with E-state index in [2.05, 4.69) is 6.07 Å². The van der Waals surface area contributed by atoms with E-state index < -0.39 is 0 Å². The van der Waals surface area contributed by atoms with Crippen LogP contribution in [0.3, 0.4) is 0 Å². The molecular formula is C11H11NO. The Morgan fingerprint density at radius 2 is 2.23 bits per heavy atom. The largest absolute Gasteiger partial charge is 0.501 e. The molecule has 13 heavy (non-hydrogen) atoms. The number of hydrogen-bond donors (Lipinski definition) is 0. The summed E-state index contributed by atoms with van der Waals surface area (Å²) in [6, 6.07) is 9.52. The Balaban J connectivity index is 2.82. The second kappa shape index (κ2) is 5.00. The molecule has 0 bridgehead atoms. The van der Waals surface area contributed by atoms with Crippen LogP contribution >= 0.6 is 0 Å². The predicted octanol–water partition coefficient (Wildman–Crippen LogP) is 2.57. The normalized spacial score (nSPS) is 9.85. The van der Waals surface area contributed by atoms with Gasteiger partial charge in [0.2, 0.25) is 0 Å². The van der Waals surface area contributed by atoms with Crippen molar-refractivity contribution >= 4 is 6.08 Å². The number of nitriles is 1. The van der Waals surface area contributed by atoms with E-state index in [0.29, 0.717) is 12.2 Å². The summed E-state index contributed by atoms with van der Waals surface area (Å²) in [6.45, 7) is 2.56. The Bertz CT molecular complexity index is 336. The molecule has 66 valence electrons. The van der Waals surface area contributed by atoms with Gasteiger partial charge in [-0.15, -0.1) is 0 Å². The maximum absolute atomic E-state index is 8.75. The average Bonchev–Trinajstić information content (AvgIpc) is 2.19. The molecule has 0 N–H and O–H groups in total. The van der Waals surface area contributed by atoms with Gasteiger partial charge in [-0.3, -0.25) is 0 Å². The van der Waals surface area contributed by atoms with Crippen LogP contribution in [0.15, 0.2) is 30.5 Å². The summed E-state index contributed by atoms with van der Waals surface area (Å²) in [6.07, 6.45) is 3.40. The zero-order chi connectivity index (χ0) is 9.52. The summed E-state index contributed by atoms with van der Waals surface area (Å²) in [5, 5.41) is 8.75. The Hall–Kier alpha value is -1.75. The SMILES string of the molecule is CCOC=Cc1ccccc1C#N. The fraction of sp³-hybridized carbons (Fsp3) is 0.182. The van der Waals surface area contributed by atoms with Gasteiger partial charge in [-0.25, -0.2) is 0 Å². The van der Waals surface area contributed by atoms with E-state index in [1.54, 1.807) is 18.4 Å². The second-order valence-electron chi connectivity index (χ2n) is 2.46. The molecule has 0 saturated heterocycles. The first kappa shape index (κ1) is 9.34. The minimum absolute atomic E-state index is 0.644. The molecule has 0 spiro atoms. The molecule has 0 fully saturated rings. The number of rotatable bonds is 3. The molecular weight excluding hydrogens is 162 g/mol. The van der Waals surface area contributed by atoms with Crippen molar-refractivity contribution in [2.24, 2.45) is 0 Å². The van der Waals surface area contributed by atoms with E-state index in [0.717, 1.165) is 5.56 Å². The van der Waals surface area contributed by atoms with Crippen molar-refractivity contribution in [1.82, 2.24) is 0 Å². The Morgan fingerprint density at radius 1 is 1.46 bits per heavy atom. The zero-order valence-corrected chi connectivity index (χ0v) is 7.53. The van der Waals surface area contributed by atoms with Gasteiger partial charge in [0.15, 0.2) is 0 Å². The lowest BCUT2D eigenvalue weighted by atomic mass is 10.1. The topological polar surface area (TPSA) is 33.0 Å². The number of nitrogens with zero attached hydrogens (tertiary/aromatic N) is 1. The van der Waals surface area contributed by atoms with Crippen LogP contribution in [-0.2, 0) is 4.74 Å². The first-order chi connectivity index (χ1) is 6.38. The molecule has 2 heteroatoms. The van der Waals surface area contributed by atoms with E-state index in [-0.39, 0.29) is 0 Å². The van der Waals surface area contributed by atoms with E-state index >= 15 is 0 Å². The van der Waals surface area contributed by atoms with Crippen molar-refractivity contribution in [3.8, 4) is 6.07 Å². The fourth-order valence-electron chi connectivity index (χ4n) is 0.962. The lowest BCUT2D eigenvalue weighted by Gasteiger charge is -1.96. The quantitative estimate of drug-likeness (QED) is 0.658. The van der Waals surface area contributed by atoms with Gasteiger partial charge in [-0.05, 0) is 24.6 Å². The average molecular weight is 173 g/mol. The van der Waals surface area contributed by atoms with E-state index in [4.69, 9.17) is 10.00 Å². The van der Waals surface area contributed by atoms with E-state index in [1.807, 2.05) is 25.1 Å². The van der Waals surface area contributed by atoms with E-state index in [1.165, 1.54) is 0 Å². The highest BCUT2D eigenvalue weighted by molar-refractivity contribution is 5.56. The lowest BCUT2D eigenvalue weighted by molar-refractivity contribution is 0.272. The Morgan fingerprint density at radius 3 is 2.92 bits per heavy atom. The van der Waals surface area contributed by atoms with Gasteiger partial charge in [0, 0.05) is 0 Å². The molecule has 0 aliphatic carbocycles. The third-order valence-corrected chi connectivity index (χ3v) is 1.59. The van der Waals surface area contributed by atoms with Crippen LogP contribution in [0, 0.1) is 11.3 Å². The first-order valence-corrected chi connectivity index (χ1v) is 4.15. The van der Waals surface area contributed by atoms with Crippen LogP contribution in [0.4, 0.5) is 0 Å². The molecule has 0 saturated carbocycles. The number of ether oxygens (including phenoxy) is 1. The van der Waals surface area contributed by atoms with Gasteiger partial charge in [-0.1, -0.05) is 18.2 Å². The molecule has 0 radical (unpaired) electrons. The van der Waals surface area contributed by atoms with Crippen LogP contribution in [0.25, 0.3) is 6.08 Å². The molecule has 2 nitrogen and oxygen atoms in total. The van der Waals surface area contributed by atoms with Crippen LogP contribution in [-0.4, -0.2) is 6.61 Å². The van der Waals surface area contributed by atoms with Crippen molar-refractivity contribution < 1.29 is 4.74 Å². The lowest BCUT2D eigenvalue weighted by Crippen LogP contribution is -1.81. The Labute approximate surface area is 78.1 Å². The van der Waals surface area contributed by atoms with Crippen LogP contribution in [0.1, 0.15) is 18.1 Å². The van der Waals surface area contributed by atoms with Crippen molar-refractivity contribution in [1.29, 1.82) is 5.26 Å². The number of hydrogen-bond acceptors (Lipinski definition) is 2.